The van der Waals surface area contributed by atoms with Crippen LogP contribution >= 0.6 is 0 Å². The van der Waals surface area contributed by atoms with E-state index >= 15 is 0 Å². The topological polar surface area (TPSA) is 83.3 Å². The van der Waals surface area contributed by atoms with Gasteiger partial charge in [0.25, 0.3) is 0 Å². The first kappa shape index (κ1) is 17.4. The summed E-state index contributed by atoms with van der Waals surface area (Å²) in [5.41, 5.74) is 0.702. The van der Waals surface area contributed by atoms with Crippen LogP contribution in [0.15, 0.2) is 24.3 Å². The summed E-state index contributed by atoms with van der Waals surface area (Å²) in [5.74, 6) is 1.86. The SMILES string of the molecule is CCN(CC(C)(C)O)C(=O)Nc1cccc(-c2nnc3n2CCC3)c1. The minimum atomic E-state index is -0.933. The Bertz CT molecular complexity index is 763. The Morgan fingerprint density at radius 2 is 2.20 bits per heavy atom. The number of urea groups is 1. The molecule has 0 saturated heterocycles. The summed E-state index contributed by atoms with van der Waals surface area (Å²) in [5, 5.41) is 21.4. The molecule has 1 aliphatic heterocycles. The Hall–Kier alpha value is -2.41. The highest BCUT2D eigenvalue weighted by Crippen LogP contribution is 2.25. The molecule has 7 heteroatoms. The van der Waals surface area contributed by atoms with Crippen molar-refractivity contribution in [2.24, 2.45) is 0 Å². The fourth-order valence-corrected chi connectivity index (χ4v) is 3.10. The number of aliphatic hydroxyl groups is 1. The number of aryl methyl sites for hydroxylation is 1. The van der Waals surface area contributed by atoms with Gasteiger partial charge in [0, 0.05) is 30.8 Å². The number of aromatic nitrogens is 3. The quantitative estimate of drug-likeness (QED) is 0.874. The molecule has 0 spiro atoms. The van der Waals surface area contributed by atoms with Gasteiger partial charge in [-0.3, -0.25) is 0 Å². The number of benzene rings is 1. The fourth-order valence-electron chi connectivity index (χ4n) is 3.10. The summed E-state index contributed by atoms with van der Waals surface area (Å²) < 4.78 is 2.13. The molecule has 0 fully saturated rings. The molecule has 0 unspecified atom stereocenters. The highest BCUT2D eigenvalue weighted by Gasteiger charge is 2.22. The fraction of sp³-hybridized carbons (Fsp3) is 0.500. The predicted octanol–water partition coefficient (Wildman–Crippen LogP) is 2.52. The van der Waals surface area contributed by atoms with E-state index in [9.17, 15) is 9.90 Å². The molecule has 2 N–H and O–H groups in total. The number of carbonyl (C=O) groups excluding carboxylic acids is 1. The van der Waals surface area contributed by atoms with Crippen LogP contribution in [0.4, 0.5) is 10.5 Å². The Morgan fingerprint density at radius 1 is 1.40 bits per heavy atom. The van der Waals surface area contributed by atoms with Gasteiger partial charge in [0.2, 0.25) is 0 Å². The molecule has 0 bridgehead atoms. The van der Waals surface area contributed by atoms with E-state index in [2.05, 4.69) is 20.1 Å². The summed E-state index contributed by atoms with van der Waals surface area (Å²) in [6.45, 7) is 7.00. The van der Waals surface area contributed by atoms with Gasteiger partial charge in [0.15, 0.2) is 5.82 Å². The van der Waals surface area contributed by atoms with E-state index in [4.69, 9.17) is 0 Å². The van der Waals surface area contributed by atoms with Crippen LogP contribution in [-0.4, -0.2) is 49.5 Å². The summed E-state index contributed by atoms with van der Waals surface area (Å²) in [6.07, 6.45) is 2.06. The van der Waals surface area contributed by atoms with Gasteiger partial charge in [-0.05, 0) is 39.3 Å². The van der Waals surface area contributed by atoms with Gasteiger partial charge in [0.1, 0.15) is 5.82 Å². The van der Waals surface area contributed by atoms with Crippen LogP contribution in [0, 0.1) is 0 Å². The van der Waals surface area contributed by atoms with Crippen molar-refractivity contribution in [1.29, 1.82) is 0 Å². The molecule has 2 heterocycles. The lowest BCUT2D eigenvalue weighted by Gasteiger charge is -2.28. The molecular formula is C18H25N5O2. The zero-order chi connectivity index (χ0) is 18.0. The lowest BCUT2D eigenvalue weighted by molar-refractivity contribution is 0.0501. The second-order valence-corrected chi connectivity index (χ2v) is 7.03. The molecule has 1 aliphatic rings. The van der Waals surface area contributed by atoms with Crippen LogP contribution in [-0.2, 0) is 13.0 Å². The maximum atomic E-state index is 12.5. The number of hydrogen-bond acceptors (Lipinski definition) is 4. The maximum absolute atomic E-state index is 12.5. The number of likely N-dealkylation sites (N-methyl/N-ethyl adjacent to an activating group) is 1. The van der Waals surface area contributed by atoms with Crippen molar-refractivity contribution in [3.63, 3.8) is 0 Å². The molecule has 0 aliphatic carbocycles. The lowest BCUT2D eigenvalue weighted by Crippen LogP contribution is -2.44. The minimum absolute atomic E-state index is 0.228. The summed E-state index contributed by atoms with van der Waals surface area (Å²) in [7, 11) is 0. The van der Waals surface area contributed by atoms with Gasteiger partial charge >= 0.3 is 6.03 Å². The van der Waals surface area contributed by atoms with E-state index in [1.165, 1.54) is 0 Å². The zero-order valence-corrected chi connectivity index (χ0v) is 15.0. The third-order valence-electron chi connectivity index (χ3n) is 4.23. The summed E-state index contributed by atoms with van der Waals surface area (Å²) in [6, 6.07) is 7.40. The molecule has 0 atom stereocenters. The molecule has 2 aromatic rings. The number of rotatable bonds is 5. The van der Waals surface area contributed by atoms with Crippen molar-refractivity contribution >= 4 is 11.7 Å². The van der Waals surface area contributed by atoms with Crippen molar-refractivity contribution < 1.29 is 9.90 Å². The molecule has 25 heavy (non-hydrogen) atoms. The van der Waals surface area contributed by atoms with Crippen LogP contribution < -0.4 is 5.32 Å². The van der Waals surface area contributed by atoms with E-state index < -0.39 is 5.60 Å². The minimum Gasteiger partial charge on any atom is -0.389 e. The first-order valence-electron chi connectivity index (χ1n) is 8.68. The number of carbonyl (C=O) groups is 1. The first-order chi connectivity index (χ1) is 11.9. The molecule has 0 radical (unpaired) electrons. The number of hydrogen-bond donors (Lipinski definition) is 2. The lowest BCUT2D eigenvalue weighted by atomic mass is 10.1. The Labute approximate surface area is 147 Å². The average molecular weight is 343 g/mol. The molecule has 0 saturated carbocycles. The second kappa shape index (κ2) is 6.84. The van der Waals surface area contributed by atoms with E-state index in [1.54, 1.807) is 18.7 Å². The first-order valence-corrected chi connectivity index (χ1v) is 8.68. The molecule has 1 aromatic heterocycles. The molecule has 3 rings (SSSR count). The van der Waals surface area contributed by atoms with Gasteiger partial charge < -0.3 is 19.9 Å². The third-order valence-corrected chi connectivity index (χ3v) is 4.23. The van der Waals surface area contributed by atoms with E-state index in [0.29, 0.717) is 12.2 Å². The molecular weight excluding hydrogens is 318 g/mol. The second-order valence-electron chi connectivity index (χ2n) is 7.03. The zero-order valence-electron chi connectivity index (χ0n) is 15.0. The predicted molar refractivity (Wildman–Crippen MR) is 96.3 cm³/mol. The van der Waals surface area contributed by atoms with E-state index in [0.717, 1.165) is 36.6 Å². The highest BCUT2D eigenvalue weighted by molar-refractivity contribution is 5.90. The monoisotopic (exact) mass is 343 g/mol. The van der Waals surface area contributed by atoms with Gasteiger partial charge in [-0.2, -0.15) is 0 Å². The molecule has 2 amide bonds. The van der Waals surface area contributed by atoms with Crippen LogP contribution in [0.3, 0.4) is 0 Å². The molecule has 134 valence electrons. The summed E-state index contributed by atoms with van der Waals surface area (Å²) >= 11 is 0. The van der Waals surface area contributed by atoms with Crippen LogP contribution in [0.5, 0.6) is 0 Å². The van der Waals surface area contributed by atoms with Crippen LogP contribution in [0.25, 0.3) is 11.4 Å². The van der Waals surface area contributed by atoms with Crippen molar-refractivity contribution in [3.8, 4) is 11.4 Å². The van der Waals surface area contributed by atoms with Crippen molar-refractivity contribution in [2.75, 3.05) is 18.4 Å². The number of fused-ring (bicyclic) bond motifs is 1. The van der Waals surface area contributed by atoms with Crippen LogP contribution in [0.2, 0.25) is 0 Å². The van der Waals surface area contributed by atoms with Crippen LogP contribution in [0.1, 0.15) is 33.0 Å². The van der Waals surface area contributed by atoms with E-state index in [-0.39, 0.29) is 12.6 Å². The van der Waals surface area contributed by atoms with E-state index in [1.807, 2.05) is 31.2 Å². The maximum Gasteiger partial charge on any atom is 0.321 e. The number of nitrogens with zero attached hydrogens (tertiary/aromatic N) is 4. The number of amides is 2. The van der Waals surface area contributed by atoms with Crippen molar-refractivity contribution in [2.45, 2.75) is 45.8 Å². The van der Waals surface area contributed by atoms with Crippen molar-refractivity contribution in [1.82, 2.24) is 19.7 Å². The standard InChI is InChI=1S/C18H25N5O2/c1-4-22(12-18(2,3)25)17(24)19-14-8-5-7-13(11-14)16-21-20-15-9-6-10-23(15)16/h5,7-8,11,25H,4,6,9-10,12H2,1-3H3,(H,19,24). The number of anilines is 1. The van der Waals surface area contributed by atoms with Gasteiger partial charge in [-0.25, -0.2) is 4.79 Å². The van der Waals surface area contributed by atoms with Gasteiger partial charge in [-0.15, -0.1) is 10.2 Å². The normalized spacial score (nSPS) is 13.6. The Morgan fingerprint density at radius 3 is 2.92 bits per heavy atom. The summed E-state index contributed by atoms with van der Waals surface area (Å²) in [4.78, 5) is 14.1. The number of nitrogens with one attached hydrogen (secondary N) is 1. The van der Waals surface area contributed by atoms with Crippen molar-refractivity contribution in [3.05, 3.63) is 30.1 Å². The average Bonchev–Trinajstić information content (AvgIpc) is 3.15. The van der Waals surface area contributed by atoms with Gasteiger partial charge in [0.05, 0.1) is 12.1 Å². The third kappa shape index (κ3) is 3.99. The largest absolute Gasteiger partial charge is 0.389 e. The Kier molecular flexibility index (Phi) is 4.76. The molecule has 7 nitrogen and oxygen atoms in total. The smallest absolute Gasteiger partial charge is 0.321 e. The Balaban J connectivity index is 1.76. The van der Waals surface area contributed by atoms with Gasteiger partial charge in [-0.1, -0.05) is 12.1 Å². The molecule has 1 aromatic carbocycles. The highest BCUT2D eigenvalue weighted by atomic mass is 16.3.